The summed E-state index contributed by atoms with van der Waals surface area (Å²) in [5.41, 5.74) is 0.0649. The van der Waals surface area contributed by atoms with Gasteiger partial charge < -0.3 is 5.32 Å². The summed E-state index contributed by atoms with van der Waals surface area (Å²) < 4.78 is 52.2. The predicted octanol–water partition coefficient (Wildman–Crippen LogP) is 4.26. The van der Waals surface area contributed by atoms with Gasteiger partial charge in [-0.2, -0.15) is 13.2 Å². The number of rotatable bonds is 3. The van der Waals surface area contributed by atoms with Gasteiger partial charge in [0.25, 0.3) is 5.91 Å². The molecule has 138 valence electrons. The normalized spacial score (nSPS) is 11.3. The average Bonchev–Trinajstić information content (AvgIpc) is 2.62. The van der Waals surface area contributed by atoms with Crippen LogP contribution < -0.4 is 5.32 Å². The molecule has 3 aromatic rings. The van der Waals surface area contributed by atoms with Crippen LogP contribution in [0, 0.1) is 12.7 Å². The molecule has 1 aromatic carbocycles. The standard InChI is InChI=1S/C18H12F4N4O/c1-10-2-3-11(18(20,21)22)6-13(10)15-8-25-16(9-24-15)26-17(27)12-4-5-23-7-14(12)19/h2-9H,1H3,(H,25,26,27). The van der Waals surface area contributed by atoms with Crippen molar-refractivity contribution in [1.82, 2.24) is 15.0 Å². The maximum Gasteiger partial charge on any atom is 0.416 e. The summed E-state index contributed by atoms with van der Waals surface area (Å²) in [4.78, 5) is 23.6. The molecule has 27 heavy (non-hydrogen) atoms. The van der Waals surface area contributed by atoms with Crippen LogP contribution in [0.15, 0.2) is 49.1 Å². The third kappa shape index (κ3) is 4.08. The highest BCUT2D eigenvalue weighted by molar-refractivity contribution is 6.03. The number of hydrogen-bond donors (Lipinski definition) is 1. The number of benzene rings is 1. The number of halogens is 4. The maximum absolute atomic E-state index is 13.6. The maximum atomic E-state index is 13.6. The fourth-order valence-electron chi connectivity index (χ4n) is 2.35. The zero-order chi connectivity index (χ0) is 19.6. The molecule has 0 saturated heterocycles. The number of aryl methyl sites for hydroxylation is 1. The minimum absolute atomic E-state index is 0.0320. The van der Waals surface area contributed by atoms with Gasteiger partial charge in [-0.15, -0.1) is 0 Å². The SMILES string of the molecule is Cc1ccc(C(F)(F)F)cc1-c1cnc(NC(=O)c2ccncc2F)cn1. The molecule has 0 spiro atoms. The lowest BCUT2D eigenvalue weighted by molar-refractivity contribution is -0.137. The van der Waals surface area contributed by atoms with Crippen molar-refractivity contribution in [2.45, 2.75) is 13.1 Å². The van der Waals surface area contributed by atoms with Crippen LogP contribution in [0.1, 0.15) is 21.5 Å². The van der Waals surface area contributed by atoms with Gasteiger partial charge in [0.1, 0.15) is 0 Å². The third-order valence-electron chi connectivity index (χ3n) is 3.75. The van der Waals surface area contributed by atoms with Crippen molar-refractivity contribution >= 4 is 11.7 Å². The van der Waals surface area contributed by atoms with Crippen LogP contribution in [-0.2, 0) is 6.18 Å². The van der Waals surface area contributed by atoms with E-state index in [2.05, 4.69) is 20.3 Å². The zero-order valence-electron chi connectivity index (χ0n) is 13.9. The number of aromatic nitrogens is 3. The number of carbonyl (C=O) groups is 1. The van der Waals surface area contributed by atoms with Gasteiger partial charge in [0.15, 0.2) is 11.6 Å². The molecule has 0 atom stereocenters. The van der Waals surface area contributed by atoms with E-state index in [-0.39, 0.29) is 22.6 Å². The molecule has 1 amide bonds. The van der Waals surface area contributed by atoms with Gasteiger partial charge >= 0.3 is 6.18 Å². The van der Waals surface area contributed by atoms with Gasteiger partial charge in [0.2, 0.25) is 0 Å². The highest BCUT2D eigenvalue weighted by atomic mass is 19.4. The van der Waals surface area contributed by atoms with Crippen molar-refractivity contribution in [1.29, 1.82) is 0 Å². The minimum atomic E-state index is -4.47. The smallest absolute Gasteiger partial charge is 0.305 e. The molecular weight excluding hydrogens is 364 g/mol. The molecule has 0 aliphatic rings. The van der Waals surface area contributed by atoms with E-state index in [1.54, 1.807) is 6.92 Å². The first-order valence-electron chi connectivity index (χ1n) is 7.67. The highest BCUT2D eigenvalue weighted by Gasteiger charge is 2.31. The molecule has 3 rings (SSSR count). The lowest BCUT2D eigenvalue weighted by atomic mass is 10.0. The summed E-state index contributed by atoms with van der Waals surface area (Å²) in [6.45, 7) is 1.65. The monoisotopic (exact) mass is 376 g/mol. The number of anilines is 1. The van der Waals surface area contributed by atoms with Crippen LogP contribution in [0.2, 0.25) is 0 Å². The summed E-state index contributed by atoms with van der Waals surface area (Å²) in [6.07, 6.45) is 0.120. The first kappa shape index (κ1) is 18.4. The molecule has 0 radical (unpaired) electrons. The van der Waals surface area contributed by atoms with E-state index < -0.39 is 23.5 Å². The van der Waals surface area contributed by atoms with Crippen molar-refractivity contribution in [3.05, 3.63) is 71.6 Å². The quantitative estimate of drug-likeness (QED) is 0.694. The number of nitrogens with one attached hydrogen (secondary N) is 1. The Morgan fingerprint density at radius 3 is 2.48 bits per heavy atom. The Hall–Kier alpha value is -3.36. The number of nitrogens with zero attached hydrogens (tertiary/aromatic N) is 3. The largest absolute Gasteiger partial charge is 0.416 e. The van der Waals surface area contributed by atoms with Crippen LogP contribution in [0.3, 0.4) is 0 Å². The summed E-state index contributed by atoms with van der Waals surface area (Å²) >= 11 is 0. The topological polar surface area (TPSA) is 67.8 Å². The summed E-state index contributed by atoms with van der Waals surface area (Å²) in [6, 6.07) is 4.54. The number of amides is 1. The molecule has 0 bridgehead atoms. The van der Waals surface area contributed by atoms with Gasteiger partial charge in [0, 0.05) is 11.8 Å². The molecule has 9 heteroatoms. The minimum Gasteiger partial charge on any atom is -0.305 e. The van der Waals surface area contributed by atoms with E-state index in [1.165, 1.54) is 30.7 Å². The summed E-state index contributed by atoms with van der Waals surface area (Å²) in [5, 5.41) is 2.37. The second-order valence-electron chi connectivity index (χ2n) is 5.62. The van der Waals surface area contributed by atoms with Crippen molar-refractivity contribution < 1.29 is 22.4 Å². The van der Waals surface area contributed by atoms with Crippen molar-refractivity contribution in [2.75, 3.05) is 5.32 Å². The molecule has 0 unspecified atom stereocenters. The Balaban J connectivity index is 1.84. The first-order valence-corrected chi connectivity index (χ1v) is 7.67. The van der Waals surface area contributed by atoms with E-state index in [0.29, 0.717) is 5.56 Å². The number of carbonyl (C=O) groups excluding carboxylic acids is 1. The van der Waals surface area contributed by atoms with Gasteiger partial charge in [-0.3, -0.25) is 14.8 Å². The lowest BCUT2D eigenvalue weighted by Gasteiger charge is -2.11. The number of alkyl halides is 3. The molecule has 5 nitrogen and oxygen atoms in total. The second kappa shape index (κ2) is 7.10. The summed E-state index contributed by atoms with van der Waals surface area (Å²) in [5.74, 6) is -1.50. The molecule has 0 aliphatic heterocycles. The molecule has 2 heterocycles. The highest BCUT2D eigenvalue weighted by Crippen LogP contribution is 2.33. The van der Waals surface area contributed by atoms with Crippen LogP contribution in [-0.4, -0.2) is 20.9 Å². The van der Waals surface area contributed by atoms with Crippen LogP contribution in [0.25, 0.3) is 11.3 Å². The first-order chi connectivity index (χ1) is 12.8. The Morgan fingerprint density at radius 1 is 1.07 bits per heavy atom. The zero-order valence-corrected chi connectivity index (χ0v) is 13.9. The van der Waals surface area contributed by atoms with Gasteiger partial charge in [-0.05, 0) is 30.7 Å². The molecular formula is C18H12F4N4O. The molecule has 0 aliphatic carbocycles. The third-order valence-corrected chi connectivity index (χ3v) is 3.75. The predicted molar refractivity (Wildman–Crippen MR) is 89.4 cm³/mol. The Kier molecular flexibility index (Phi) is 4.85. The fraction of sp³-hybridized carbons (Fsp3) is 0.111. The Bertz CT molecular complexity index is 987. The number of pyridine rings is 1. The molecule has 2 aromatic heterocycles. The second-order valence-corrected chi connectivity index (χ2v) is 5.62. The molecule has 0 fully saturated rings. The Morgan fingerprint density at radius 2 is 1.85 bits per heavy atom. The van der Waals surface area contributed by atoms with Crippen LogP contribution >= 0.6 is 0 Å². The van der Waals surface area contributed by atoms with Gasteiger partial charge in [0.05, 0.1) is 35.4 Å². The van der Waals surface area contributed by atoms with Crippen LogP contribution in [0.4, 0.5) is 23.4 Å². The van der Waals surface area contributed by atoms with Gasteiger partial charge in [-0.25, -0.2) is 9.37 Å². The molecule has 1 N–H and O–H groups in total. The van der Waals surface area contributed by atoms with Crippen LogP contribution in [0.5, 0.6) is 0 Å². The number of hydrogen-bond acceptors (Lipinski definition) is 4. The van der Waals surface area contributed by atoms with Crippen molar-refractivity contribution in [3.63, 3.8) is 0 Å². The van der Waals surface area contributed by atoms with Crippen molar-refractivity contribution in [3.8, 4) is 11.3 Å². The van der Waals surface area contributed by atoms with E-state index in [1.807, 2.05) is 0 Å². The van der Waals surface area contributed by atoms with E-state index in [0.717, 1.165) is 18.3 Å². The average molecular weight is 376 g/mol. The van der Waals surface area contributed by atoms with Gasteiger partial charge in [-0.1, -0.05) is 6.07 Å². The molecule has 0 saturated carbocycles. The van der Waals surface area contributed by atoms with E-state index in [9.17, 15) is 22.4 Å². The fourth-order valence-corrected chi connectivity index (χ4v) is 2.35. The van der Waals surface area contributed by atoms with Crippen molar-refractivity contribution in [2.24, 2.45) is 0 Å². The Labute approximate surface area is 151 Å². The lowest BCUT2D eigenvalue weighted by Crippen LogP contribution is -2.15. The van der Waals surface area contributed by atoms with E-state index in [4.69, 9.17) is 0 Å². The summed E-state index contributed by atoms with van der Waals surface area (Å²) in [7, 11) is 0. The van der Waals surface area contributed by atoms with E-state index >= 15 is 0 Å².